The maximum Gasteiger partial charge on any atom is 0.139 e. The van der Waals surface area contributed by atoms with Gasteiger partial charge in [0.1, 0.15) is 11.4 Å². The van der Waals surface area contributed by atoms with Gasteiger partial charge in [0, 0.05) is 29.7 Å². The number of nitrogens with two attached hydrogens (primary N) is 1. The molecule has 0 aliphatic heterocycles. The van der Waals surface area contributed by atoms with E-state index >= 15 is 0 Å². The van der Waals surface area contributed by atoms with E-state index in [1.807, 2.05) is 28.9 Å². The molecule has 3 rings (SSSR count). The molecule has 0 amide bonds. The van der Waals surface area contributed by atoms with Crippen LogP contribution in [0.3, 0.4) is 0 Å². The molecule has 3 aromatic rings. The van der Waals surface area contributed by atoms with Crippen molar-refractivity contribution < 1.29 is 9.84 Å². The highest BCUT2D eigenvalue weighted by molar-refractivity contribution is 9.10. The molecule has 108 valence electrons. The van der Waals surface area contributed by atoms with Gasteiger partial charge >= 0.3 is 0 Å². The number of fused-ring (bicyclic) bond motifs is 1. The molecule has 0 radical (unpaired) electrons. The summed E-state index contributed by atoms with van der Waals surface area (Å²) < 4.78 is 7.96. The summed E-state index contributed by atoms with van der Waals surface area (Å²) in [7, 11) is 1.59. The maximum atomic E-state index is 9.58. The number of benzene rings is 1. The molecule has 0 saturated carbocycles. The van der Waals surface area contributed by atoms with Crippen molar-refractivity contribution in [2.24, 2.45) is 0 Å². The monoisotopic (exact) mass is 347 g/mol. The zero-order valence-corrected chi connectivity index (χ0v) is 13.0. The van der Waals surface area contributed by atoms with Gasteiger partial charge in [-0.05, 0) is 39.7 Å². The number of pyridine rings is 1. The molecule has 1 aromatic carbocycles. The highest BCUT2D eigenvalue weighted by Crippen LogP contribution is 2.34. The molecule has 0 spiro atoms. The minimum atomic E-state index is -0.0883. The lowest BCUT2D eigenvalue weighted by Gasteiger charge is -2.10. The fourth-order valence-electron chi connectivity index (χ4n) is 2.25. The highest BCUT2D eigenvalue weighted by Gasteiger charge is 2.13. The van der Waals surface area contributed by atoms with Gasteiger partial charge in [0.05, 0.1) is 23.9 Å². The molecule has 21 heavy (non-hydrogen) atoms. The quantitative estimate of drug-likeness (QED) is 0.764. The molecule has 3 N–H and O–H groups in total. The smallest absolute Gasteiger partial charge is 0.139 e. The Hall–Kier alpha value is -2.05. The summed E-state index contributed by atoms with van der Waals surface area (Å²) >= 11 is 3.46. The third kappa shape index (κ3) is 2.48. The van der Waals surface area contributed by atoms with Crippen LogP contribution in [-0.2, 0) is 6.61 Å². The third-order valence-electron chi connectivity index (χ3n) is 3.31. The van der Waals surface area contributed by atoms with Crippen LogP contribution in [0.15, 0.2) is 41.1 Å². The van der Waals surface area contributed by atoms with Gasteiger partial charge < -0.3 is 20.0 Å². The zero-order chi connectivity index (χ0) is 15.0. The lowest BCUT2D eigenvalue weighted by atomic mass is 10.1. The van der Waals surface area contributed by atoms with Gasteiger partial charge in [-0.3, -0.25) is 0 Å². The highest BCUT2D eigenvalue weighted by atomic mass is 79.9. The molecular weight excluding hydrogens is 334 g/mol. The van der Waals surface area contributed by atoms with E-state index in [4.69, 9.17) is 10.5 Å². The average molecular weight is 348 g/mol. The second-order valence-corrected chi connectivity index (χ2v) is 5.51. The van der Waals surface area contributed by atoms with E-state index in [2.05, 4.69) is 20.9 Å². The lowest BCUT2D eigenvalue weighted by Crippen LogP contribution is -1.93. The minimum absolute atomic E-state index is 0.0883. The third-order valence-corrected chi connectivity index (χ3v) is 3.93. The number of ether oxygens (including phenoxy) is 1. The Kier molecular flexibility index (Phi) is 3.57. The first-order valence-corrected chi connectivity index (χ1v) is 7.13. The van der Waals surface area contributed by atoms with Crippen LogP contribution in [0.2, 0.25) is 0 Å². The molecule has 6 heteroatoms. The average Bonchev–Trinajstić information content (AvgIpc) is 2.89. The SMILES string of the molecule is COc1cc(CO)c(-c2cn3ccc(N)cc3n2)cc1Br. The standard InChI is InChI=1S/C15H14BrN3O2/c1-21-14-4-9(8-20)11(6-12(14)16)13-7-19-3-2-10(17)5-15(19)18-13/h2-7,20H,8,17H2,1H3. The molecule has 0 aliphatic carbocycles. The maximum absolute atomic E-state index is 9.58. The van der Waals surface area contributed by atoms with Crippen molar-refractivity contribution >= 4 is 27.3 Å². The number of nitrogen functional groups attached to an aromatic ring is 1. The number of aromatic nitrogens is 2. The molecule has 2 heterocycles. The van der Waals surface area contributed by atoms with Crippen molar-refractivity contribution in [3.63, 3.8) is 0 Å². The van der Waals surface area contributed by atoms with Crippen LogP contribution in [0.25, 0.3) is 16.9 Å². The first kappa shape index (κ1) is 13.9. The summed E-state index contributed by atoms with van der Waals surface area (Å²) in [4.78, 5) is 4.56. The largest absolute Gasteiger partial charge is 0.496 e. The summed E-state index contributed by atoms with van der Waals surface area (Å²) in [6.07, 6.45) is 3.76. The lowest BCUT2D eigenvalue weighted by molar-refractivity contribution is 0.281. The van der Waals surface area contributed by atoms with E-state index in [9.17, 15) is 5.11 Å². The number of aliphatic hydroxyl groups excluding tert-OH is 1. The Balaban J connectivity index is 2.19. The van der Waals surface area contributed by atoms with Crippen molar-refractivity contribution in [3.05, 3.63) is 46.7 Å². The van der Waals surface area contributed by atoms with Crippen LogP contribution in [-0.4, -0.2) is 21.6 Å². The Morgan fingerprint density at radius 3 is 2.90 bits per heavy atom. The van der Waals surface area contributed by atoms with Crippen molar-refractivity contribution in [1.29, 1.82) is 0 Å². The predicted octanol–water partition coefficient (Wildman–Crippen LogP) is 2.85. The summed E-state index contributed by atoms with van der Waals surface area (Å²) in [6, 6.07) is 7.32. The van der Waals surface area contributed by atoms with Gasteiger partial charge in [-0.15, -0.1) is 0 Å². The Morgan fingerprint density at radius 1 is 1.38 bits per heavy atom. The van der Waals surface area contributed by atoms with E-state index < -0.39 is 0 Å². The first-order chi connectivity index (χ1) is 10.1. The van der Waals surface area contributed by atoms with Gasteiger partial charge in [-0.1, -0.05) is 0 Å². The molecule has 0 bridgehead atoms. The molecule has 0 unspecified atom stereocenters. The summed E-state index contributed by atoms with van der Waals surface area (Å²) in [5.74, 6) is 0.677. The molecule has 0 saturated heterocycles. The van der Waals surface area contributed by atoms with E-state index in [-0.39, 0.29) is 6.61 Å². The number of nitrogens with zero attached hydrogens (tertiary/aromatic N) is 2. The number of hydrogen-bond acceptors (Lipinski definition) is 4. The van der Waals surface area contributed by atoms with Gasteiger partial charge in [-0.2, -0.15) is 0 Å². The van der Waals surface area contributed by atoms with Crippen LogP contribution in [0.1, 0.15) is 5.56 Å². The number of halogens is 1. The number of aliphatic hydroxyl groups is 1. The van der Waals surface area contributed by atoms with Crippen LogP contribution >= 0.6 is 15.9 Å². The summed E-state index contributed by atoms with van der Waals surface area (Å²) in [6.45, 7) is -0.0883. The van der Waals surface area contributed by atoms with Crippen molar-refractivity contribution in [1.82, 2.24) is 9.38 Å². The Labute approximate surface area is 130 Å². The second-order valence-electron chi connectivity index (χ2n) is 4.65. The Morgan fingerprint density at radius 2 is 2.19 bits per heavy atom. The molecule has 0 fully saturated rings. The normalized spacial score (nSPS) is 11.0. The fourth-order valence-corrected chi connectivity index (χ4v) is 2.75. The van der Waals surface area contributed by atoms with E-state index in [1.54, 1.807) is 19.2 Å². The number of anilines is 1. The van der Waals surface area contributed by atoms with Crippen molar-refractivity contribution in [2.75, 3.05) is 12.8 Å². The van der Waals surface area contributed by atoms with Gasteiger partial charge in [0.25, 0.3) is 0 Å². The minimum Gasteiger partial charge on any atom is -0.496 e. The van der Waals surface area contributed by atoms with E-state index in [0.29, 0.717) is 11.4 Å². The topological polar surface area (TPSA) is 72.8 Å². The fraction of sp³-hybridized carbons (Fsp3) is 0.133. The van der Waals surface area contributed by atoms with Crippen LogP contribution < -0.4 is 10.5 Å². The van der Waals surface area contributed by atoms with Crippen LogP contribution in [0.5, 0.6) is 5.75 Å². The number of imidazole rings is 1. The molecular formula is C15H14BrN3O2. The second kappa shape index (κ2) is 5.38. The van der Waals surface area contributed by atoms with Gasteiger partial charge in [0.2, 0.25) is 0 Å². The molecule has 2 aromatic heterocycles. The summed E-state index contributed by atoms with van der Waals surface area (Å²) in [5, 5.41) is 9.58. The molecule has 5 nitrogen and oxygen atoms in total. The molecule has 0 atom stereocenters. The zero-order valence-electron chi connectivity index (χ0n) is 11.4. The van der Waals surface area contributed by atoms with Crippen molar-refractivity contribution in [2.45, 2.75) is 6.61 Å². The predicted molar refractivity (Wildman–Crippen MR) is 85.2 cm³/mol. The molecule has 0 aliphatic rings. The van der Waals surface area contributed by atoms with Crippen LogP contribution in [0, 0.1) is 0 Å². The van der Waals surface area contributed by atoms with E-state index in [1.165, 1.54) is 0 Å². The summed E-state index contributed by atoms with van der Waals surface area (Å²) in [5.41, 5.74) is 9.58. The number of rotatable bonds is 3. The first-order valence-electron chi connectivity index (χ1n) is 6.34. The Bertz CT molecular complexity index is 814. The number of hydrogen-bond donors (Lipinski definition) is 2. The van der Waals surface area contributed by atoms with E-state index in [0.717, 1.165) is 26.9 Å². The van der Waals surface area contributed by atoms with Crippen molar-refractivity contribution in [3.8, 4) is 17.0 Å². The van der Waals surface area contributed by atoms with Crippen LogP contribution in [0.4, 0.5) is 5.69 Å². The van der Waals surface area contributed by atoms with Gasteiger partial charge in [0.15, 0.2) is 0 Å². The number of methoxy groups -OCH3 is 1. The van der Waals surface area contributed by atoms with Gasteiger partial charge in [-0.25, -0.2) is 4.98 Å².